The first-order valence-electron chi connectivity index (χ1n) is 9.31. The number of hydrogen-bond donors (Lipinski definition) is 2. The fraction of sp³-hybridized carbons (Fsp3) is 0.182. The molecule has 0 aliphatic carbocycles. The van der Waals surface area contributed by atoms with Gasteiger partial charge in [-0.3, -0.25) is 9.89 Å². The van der Waals surface area contributed by atoms with Gasteiger partial charge in [-0.15, -0.1) is 0 Å². The summed E-state index contributed by atoms with van der Waals surface area (Å²) in [5.41, 5.74) is 9.84. The lowest BCUT2D eigenvalue weighted by atomic mass is 10.1. The van der Waals surface area contributed by atoms with Crippen LogP contribution >= 0.6 is 11.6 Å². The number of ether oxygens (including phenoxy) is 1. The average molecular weight is 409 g/mol. The Kier molecular flexibility index (Phi) is 5.03. The molecule has 29 heavy (non-hydrogen) atoms. The predicted molar refractivity (Wildman–Crippen MR) is 115 cm³/mol. The van der Waals surface area contributed by atoms with Crippen molar-refractivity contribution < 1.29 is 9.53 Å². The molecule has 0 unspecified atom stereocenters. The first-order chi connectivity index (χ1) is 13.9. The van der Waals surface area contributed by atoms with Gasteiger partial charge in [-0.2, -0.15) is 5.10 Å². The SMILES string of the molecule is CC(C)Oc1ccc(-c2cc(-c3cccc4c3ccn4CC(N)=O)[nH]n2)cc1Cl. The minimum Gasteiger partial charge on any atom is -0.489 e. The van der Waals surface area contributed by atoms with E-state index in [1.807, 2.05) is 73.1 Å². The summed E-state index contributed by atoms with van der Waals surface area (Å²) in [7, 11) is 0. The summed E-state index contributed by atoms with van der Waals surface area (Å²) in [6.45, 7) is 4.06. The highest BCUT2D eigenvalue weighted by atomic mass is 35.5. The van der Waals surface area contributed by atoms with E-state index in [2.05, 4.69) is 10.2 Å². The molecule has 1 amide bonds. The molecule has 0 bridgehead atoms. The second kappa shape index (κ2) is 7.64. The lowest BCUT2D eigenvalue weighted by Crippen LogP contribution is -2.17. The highest BCUT2D eigenvalue weighted by Gasteiger charge is 2.13. The van der Waals surface area contributed by atoms with Gasteiger partial charge in [0.2, 0.25) is 5.91 Å². The summed E-state index contributed by atoms with van der Waals surface area (Å²) in [5.74, 6) is 0.278. The molecule has 0 spiro atoms. The third-order valence-electron chi connectivity index (χ3n) is 4.60. The van der Waals surface area contributed by atoms with Crippen LogP contribution in [0.4, 0.5) is 0 Å². The number of amides is 1. The highest BCUT2D eigenvalue weighted by Crippen LogP contribution is 2.33. The zero-order valence-corrected chi connectivity index (χ0v) is 16.9. The quantitative estimate of drug-likeness (QED) is 0.488. The molecule has 0 fully saturated rings. The molecule has 2 aromatic heterocycles. The van der Waals surface area contributed by atoms with Gasteiger partial charge in [0.05, 0.1) is 22.5 Å². The fourth-order valence-corrected chi connectivity index (χ4v) is 3.61. The lowest BCUT2D eigenvalue weighted by Gasteiger charge is -2.11. The number of halogens is 1. The van der Waals surface area contributed by atoms with E-state index in [1.165, 1.54) is 0 Å². The number of carbonyl (C=O) groups excluding carboxylic acids is 1. The minimum absolute atomic E-state index is 0.0534. The largest absolute Gasteiger partial charge is 0.489 e. The molecular formula is C22H21ClN4O2. The summed E-state index contributed by atoms with van der Waals surface area (Å²) >= 11 is 6.37. The van der Waals surface area contributed by atoms with Crippen molar-refractivity contribution in [1.29, 1.82) is 0 Å². The molecule has 4 aromatic rings. The van der Waals surface area contributed by atoms with Gasteiger partial charge >= 0.3 is 0 Å². The molecule has 6 nitrogen and oxygen atoms in total. The molecule has 0 radical (unpaired) electrons. The minimum atomic E-state index is -0.376. The monoisotopic (exact) mass is 408 g/mol. The van der Waals surface area contributed by atoms with Crippen molar-refractivity contribution >= 4 is 28.4 Å². The molecule has 3 N–H and O–H groups in total. The molecule has 0 saturated heterocycles. The summed E-state index contributed by atoms with van der Waals surface area (Å²) in [6, 6.07) is 15.5. The van der Waals surface area contributed by atoms with Crippen LogP contribution in [0.1, 0.15) is 13.8 Å². The molecule has 0 saturated carbocycles. The Morgan fingerprint density at radius 2 is 2.07 bits per heavy atom. The van der Waals surface area contributed by atoms with Crippen LogP contribution in [0, 0.1) is 0 Å². The van der Waals surface area contributed by atoms with Crippen LogP contribution in [0.15, 0.2) is 54.7 Å². The van der Waals surface area contributed by atoms with Crippen LogP contribution in [-0.4, -0.2) is 26.8 Å². The van der Waals surface area contributed by atoms with Crippen LogP contribution in [0.3, 0.4) is 0 Å². The Labute approximate surface area is 173 Å². The van der Waals surface area contributed by atoms with Crippen molar-refractivity contribution in [2.75, 3.05) is 0 Å². The number of rotatable bonds is 6. The summed E-state index contributed by atoms with van der Waals surface area (Å²) in [4.78, 5) is 11.3. The third-order valence-corrected chi connectivity index (χ3v) is 4.89. The summed E-state index contributed by atoms with van der Waals surface area (Å²) in [5, 5.41) is 9.12. The van der Waals surface area contributed by atoms with Crippen molar-refractivity contribution in [2.24, 2.45) is 5.73 Å². The van der Waals surface area contributed by atoms with Crippen molar-refractivity contribution in [2.45, 2.75) is 26.5 Å². The molecule has 0 aliphatic rings. The number of H-pyrrole nitrogens is 1. The maximum atomic E-state index is 11.3. The normalized spacial score (nSPS) is 11.3. The second-order valence-electron chi connectivity index (χ2n) is 7.13. The van der Waals surface area contributed by atoms with Gasteiger partial charge in [-0.1, -0.05) is 23.7 Å². The zero-order valence-electron chi connectivity index (χ0n) is 16.1. The molecule has 2 heterocycles. The number of fused-ring (bicyclic) bond motifs is 1. The summed E-state index contributed by atoms with van der Waals surface area (Å²) < 4.78 is 7.53. The molecule has 148 valence electrons. The van der Waals surface area contributed by atoms with Crippen LogP contribution in [0.2, 0.25) is 5.02 Å². The Hall–Kier alpha value is -3.25. The number of nitrogens with zero attached hydrogens (tertiary/aromatic N) is 2. The standard InChI is InChI=1S/C22H21ClN4O2/c1-13(2)29-21-7-6-14(10-17(21)23)18-11-19(26-25-18)15-4-3-5-20-16(15)8-9-27(20)12-22(24)28/h3-11,13H,12H2,1-2H3,(H2,24,28)(H,25,26). The molecule has 2 aromatic carbocycles. The van der Waals surface area contributed by atoms with Crippen molar-refractivity contribution in [3.05, 3.63) is 59.8 Å². The zero-order chi connectivity index (χ0) is 20.5. The van der Waals surface area contributed by atoms with Crippen LogP contribution < -0.4 is 10.5 Å². The maximum Gasteiger partial charge on any atom is 0.237 e. The van der Waals surface area contributed by atoms with Gasteiger partial charge in [-0.25, -0.2) is 0 Å². The van der Waals surface area contributed by atoms with E-state index in [0.29, 0.717) is 10.8 Å². The van der Waals surface area contributed by atoms with Crippen LogP contribution in [0.5, 0.6) is 5.75 Å². The van der Waals surface area contributed by atoms with Gasteiger partial charge in [-0.05, 0) is 50.2 Å². The van der Waals surface area contributed by atoms with Crippen LogP contribution in [-0.2, 0) is 11.3 Å². The average Bonchev–Trinajstić information content (AvgIpc) is 3.30. The number of nitrogens with two attached hydrogens (primary N) is 1. The van der Waals surface area contributed by atoms with Crippen molar-refractivity contribution in [1.82, 2.24) is 14.8 Å². The number of carbonyl (C=O) groups is 1. The first kappa shape index (κ1) is 19.1. The maximum absolute atomic E-state index is 11.3. The van der Waals surface area contributed by atoms with E-state index in [4.69, 9.17) is 22.1 Å². The number of aromatic amines is 1. The Morgan fingerprint density at radius 1 is 1.24 bits per heavy atom. The molecule has 4 rings (SSSR count). The Balaban J connectivity index is 1.69. The van der Waals surface area contributed by atoms with E-state index in [0.717, 1.165) is 33.4 Å². The summed E-state index contributed by atoms with van der Waals surface area (Å²) in [6.07, 6.45) is 1.92. The second-order valence-corrected chi connectivity index (χ2v) is 7.53. The number of aromatic nitrogens is 3. The first-order valence-corrected chi connectivity index (χ1v) is 9.68. The lowest BCUT2D eigenvalue weighted by molar-refractivity contribution is -0.118. The number of primary amides is 1. The smallest absolute Gasteiger partial charge is 0.237 e. The Morgan fingerprint density at radius 3 is 2.79 bits per heavy atom. The van der Waals surface area contributed by atoms with E-state index >= 15 is 0 Å². The van der Waals surface area contributed by atoms with Crippen LogP contribution in [0.25, 0.3) is 33.4 Å². The van der Waals surface area contributed by atoms with Crippen molar-refractivity contribution in [3.63, 3.8) is 0 Å². The van der Waals surface area contributed by atoms with Crippen molar-refractivity contribution in [3.8, 4) is 28.3 Å². The van der Waals surface area contributed by atoms with E-state index in [9.17, 15) is 4.79 Å². The fourth-order valence-electron chi connectivity index (χ4n) is 3.38. The topological polar surface area (TPSA) is 85.9 Å². The number of nitrogens with one attached hydrogen (secondary N) is 1. The van der Waals surface area contributed by atoms with Gasteiger partial charge in [0, 0.05) is 28.2 Å². The molecule has 0 atom stereocenters. The molecule has 0 aliphatic heterocycles. The van der Waals surface area contributed by atoms with Gasteiger partial charge in [0.1, 0.15) is 12.3 Å². The molecule has 7 heteroatoms. The number of hydrogen-bond acceptors (Lipinski definition) is 3. The number of benzene rings is 2. The molecular weight excluding hydrogens is 388 g/mol. The van der Waals surface area contributed by atoms with Gasteiger partial charge in [0.25, 0.3) is 0 Å². The van der Waals surface area contributed by atoms with E-state index < -0.39 is 0 Å². The van der Waals surface area contributed by atoms with E-state index in [1.54, 1.807) is 0 Å². The van der Waals surface area contributed by atoms with E-state index in [-0.39, 0.29) is 18.6 Å². The van der Waals surface area contributed by atoms with Gasteiger partial charge < -0.3 is 15.0 Å². The van der Waals surface area contributed by atoms with Gasteiger partial charge in [0.15, 0.2) is 0 Å². The predicted octanol–water partition coefficient (Wildman–Crippen LogP) is 4.62. The highest BCUT2D eigenvalue weighted by molar-refractivity contribution is 6.32. The Bertz CT molecular complexity index is 1190. The third kappa shape index (κ3) is 3.84.